The van der Waals surface area contributed by atoms with E-state index >= 15 is 0 Å². The lowest BCUT2D eigenvalue weighted by molar-refractivity contribution is -0.220. The lowest BCUT2D eigenvalue weighted by Crippen LogP contribution is -2.42. The third-order valence-corrected chi connectivity index (χ3v) is 9.93. The summed E-state index contributed by atoms with van der Waals surface area (Å²) in [5.41, 5.74) is -2.79. The van der Waals surface area contributed by atoms with Crippen LogP contribution in [0.1, 0.15) is 93.4 Å². The molecule has 1 fully saturated rings. The molecule has 10 N–H and O–H groups in total. The number of hydrogen-bond donors (Lipinski definition) is 8. The number of rotatable bonds is 27. The Kier molecular flexibility index (Phi) is 28.6. The molecule has 1 aliphatic heterocycles. The first-order valence-corrected chi connectivity index (χ1v) is 21.6. The van der Waals surface area contributed by atoms with Crippen LogP contribution in [-0.4, -0.2) is 141 Å². The van der Waals surface area contributed by atoms with Gasteiger partial charge < -0.3 is 65.4 Å². The van der Waals surface area contributed by atoms with E-state index in [4.69, 9.17) is 47.8 Å². The number of aliphatic hydroxyl groups is 1. The van der Waals surface area contributed by atoms with Crippen molar-refractivity contribution in [2.45, 2.75) is 95.7 Å². The van der Waals surface area contributed by atoms with Crippen LogP contribution in [0.25, 0.3) is 0 Å². The molecule has 3 rings (SSSR count). The molecule has 23 nitrogen and oxygen atoms in total. The third-order valence-electron chi connectivity index (χ3n) is 9.46. The fraction of sp³-hybridized carbons (Fsp3) is 0.476. The van der Waals surface area contributed by atoms with Crippen LogP contribution in [0.4, 0.5) is 8.78 Å². The van der Waals surface area contributed by atoms with Gasteiger partial charge in [-0.2, -0.15) is 0 Å². The van der Waals surface area contributed by atoms with Crippen molar-refractivity contribution in [3.05, 3.63) is 69.2 Å². The second-order valence-electron chi connectivity index (χ2n) is 16.5. The number of ketones is 2. The van der Waals surface area contributed by atoms with E-state index < -0.39 is 123 Å². The third kappa shape index (κ3) is 24.1. The quantitative estimate of drug-likeness (QED) is 0.0360. The molecule has 0 aliphatic carbocycles. The average Bonchev–Trinajstić information content (AvgIpc) is 3.55. The lowest BCUT2D eigenvalue weighted by Gasteiger charge is -2.23. The molecule has 0 spiro atoms. The molecule has 0 aromatic heterocycles. The second kappa shape index (κ2) is 31.3. The van der Waals surface area contributed by atoms with Gasteiger partial charge in [0.1, 0.15) is 18.1 Å². The number of carbonyl (C=O) groups is 10. The van der Waals surface area contributed by atoms with E-state index in [0.29, 0.717) is 12.8 Å². The predicted octanol–water partition coefficient (Wildman–Crippen LogP) is 2.06. The Morgan fingerprint density at radius 3 is 1.65 bits per heavy atom. The lowest BCUT2D eigenvalue weighted by atomic mass is 9.65. The van der Waals surface area contributed by atoms with Gasteiger partial charge in [0.05, 0.1) is 37.1 Å². The van der Waals surface area contributed by atoms with E-state index in [0.717, 1.165) is 18.2 Å². The summed E-state index contributed by atoms with van der Waals surface area (Å²) < 4.78 is 46.2. The SMILES string of the molecule is CC(C)C[C@H](CC(=O)CNC(=O)c1cc(Cl)ccc1F)B(O)O.CC(C)C[C@H](CC(=O)CNC(=O)c1cc(Cl)ccc1F)B1OC(=O)C(CC(=O)O)(CC(=O)O)O1.O.O=COCC(O)(CC(=O)O)OC=O. The van der Waals surface area contributed by atoms with Gasteiger partial charge in [0.2, 0.25) is 0 Å². The number of amides is 2. The summed E-state index contributed by atoms with van der Waals surface area (Å²) >= 11 is 11.5. The van der Waals surface area contributed by atoms with Crippen molar-refractivity contribution >= 4 is 97.6 Å². The van der Waals surface area contributed by atoms with E-state index in [9.17, 15) is 71.9 Å². The molecule has 2 amide bonds. The maximum atomic E-state index is 13.8. The number of hydrogen-bond acceptors (Lipinski definition) is 17. The number of Topliss-reactive ketones (excluding diaryl/α,β-unsaturated/α-hetero) is 2. The molecule has 0 bridgehead atoms. The van der Waals surface area contributed by atoms with Gasteiger partial charge >= 0.3 is 38.1 Å². The van der Waals surface area contributed by atoms with Gasteiger partial charge in [-0.05, 0) is 61.1 Å². The van der Waals surface area contributed by atoms with E-state index in [2.05, 4.69) is 20.1 Å². The van der Waals surface area contributed by atoms with Gasteiger partial charge in [-0.3, -0.25) is 47.9 Å². The molecule has 1 aliphatic rings. The molecule has 2 aromatic carbocycles. The van der Waals surface area contributed by atoms with E-state index in [-0.39, 0.29) is 76.6 Å². The zero-order valence-corrected chi connectivity index (χ0v) is 40.1. The fourth-order valence-electron chi connectivity index (χ4n) is 6.53. The van der Waals surface area contributed by atoms with Crippen LogP contribution in [0.2, 0.25) is 21.7 Å². The number of carboxylic acids is 3. The molecule has 392 valence electrons. The summed E-state index contributed by atoms with van der Waals surface area (Å²) in [5, 5.41) is 59.3. The highest BCUT2D eigenvalue weighted by atomic mass is 35.5. The van der Waals surface area contributed by atoms with Crippen molar-refractivity contribution in [2.24, 2.45) is 11.8 Å². The minimum atomic E-state index is -2.30. The summed E-state index contributed by atoms with van der Waals surface area (Å²) in [7, 11) is -2.94. The minimum Gasteiger partial charge on any atom is -0.507 e. The van der Waals surface area contributed by atoms with E-state index in [1.165, 1.54) is 18.2 Å². The zero-order valence-electron chi connectivity index (χ0n) is 38.6. The van der Waals surface area contributed by atoms with E-state index in [1.807, 2.05) is 27.7 Å². The van der Waals surface area contributed by atoms with Gasteiger partial charge in [0, 0.05) is 34.5 Å². The monoisotopic (exact) mass is 1050 g/mol. The summed E-state index contributed by atoms with van der Waals surface area (Å²) in [6, 6.07) is 6.97. The van der Waals surface area contributed by atoms with Crippen molar-refractivity contribution in [3.8, 4) is 0 Å². The van der Waals surface area contributed by atoms with Gasteiger partial charge in [0.25, 0.3) is 30.5 Å². The number of carboxylic acid groups (broad SMARTS) is 3. The van der Waals surface area contributed by atoms with E-state index in [1.54, 1.807) is 0 Å². The van der Waals surface area contributed by atoms with Crippen LogP contribution < -0.4 is 10.6 Å². The normalized spacial score (nSPS) is 14.0. The van der Waals surface area contributed by atoms with Gasteiger partial charge in [-0.1, -0.05) is 50.9 Å². The van der Waals surface area contributed by atoms with Crippen molar-refractivity contribution in [2.75, 3.05) is 19.7 Å². The fourth-order valence-corrected chi connectivity index (χ4v) is 6.87. The second-order valence-corrected chi connectivity index (χ2v) is 17.3. The Morgan fingerprint density at radius 1 is 0.789 bits per heavy atom. The summed E-state index contributed by atoms with van der Waals surface area (Å²) in [4.78, 5) is 113. The first kappa shape index (κ1) is 64.9. The van der Waals surface area contributed by atoms with Crippen molar-refractivity contribution in [1.82, 2.24) is 10.6 Å². The summed E-state index contributed by atoms with van der Waals surface area (Å²) in [5.74, 6) is -12.8. The molecule has 2 aromatic rings. The van der Waals surface area contributed by atoms with Gasteiger partial charge in [0.15, 0.2) is 23.8 Å². The molecule has 71 heavy (non-hydrogen) atoms. The molecule has 0 saturated carbocycles. The number of aliphatic carboxylic acids is 3. The molecule has 0 radical (unpaired) electrons. The highest BCUT2D eigenvalue weighted by Gasteiger charge is 2.57. The molecule has 1 unspecified atom stereocenters. The minimum absolute atomic E-state index is 0. The highest BCUT2D eigenvalue weighted by molar-refractivity contribution is 6.51. The van der Waals surface area contributed by atoms with Gasteiger partial charge in [-0.15, -0.1) is 0 Å². The Morgan fingerprint density at radius 2 is 1.25 bits per heavy atom. The number of benzene rings is 2. The van der Waals surface area contributed by atoms with Crippen LogP contribution in [0.5, 0.6) is 0 Å². The largest absolute Gasteiger partial charge is 0.531 e. The number of halogens is 4. The Labute approximate surface area is 415 Å². The highest BCUT2D eigenvalue weighted by Crippen LogP contribution is 2.38. The predicted molar refractivity (Wildman–Crippen MR) is 243 cm³/mol. The summed E-state index contributed by atoms with van der Waals surface area (Å²) in [6.45, 7) is 5.85. The van der Waals surface area contributed by atoms with Crippen molar-refractivity contribution in [1.29, 1.82) is 0 Å². The standard InChI is InChI=1S/C21H24BClFNO9.C15H20BClFNO4.C6H8O7.H2O/c1-11(2)5-12(22-33-20(32)21(34-22,8-17(27)28)9-18(29)30)6-14(26)10-25-19(31)15-7-13(23)3-4-16(15)24;1-9(2)5-10(16(22)23)6-12(20)8-19-15(21)13-7-11(17)3-4-14(13)18;7-3-12-2-6(11,13-4-8)1-5(9)10;/h3-4,7,11-12H,5-6,8-10H2,1-2H3,(H,25,31)(H,27,28)(H,29,30);3-4,7,9-10,22-23H,5-6,8H2,1-2H3,(H,19,21);3-4,11H,1-2H2,(H,9,10);1H2/t12-;10-;;/m11../s1. The van der Waals surface area contributed by atoms with Crippen LogP contribution >= 0.6 is 23.2 Å². The first-order valence-electron chi connectivity index (χ1n) is 20.9. The molecule has 1 heterocycles. The topological polar surface area (TPSA) is 385 Å². The van der Waals surface area contributed by atoms with Crippen LogP contribution in [0, 0.1) is 23.5 Å². The first-order chi connectivity index (χ1) is 32.6. The maximum Gasteiger partial charge on any atom is 0.531 e. The number of nitrogens with one attached hydrogen (secondary N) is 2. The molecular formula is C42H54B2Cl2F2N2O21. The molecular weight excluding hydrogens is 999 g/mol. The molecule has 1 saturated heterocycles. The van der Waals surface area contributed by atoms with Crippen molar-refractivity contribution < 1.29 is 111 Å². The van der Waals surface area contributed by atoms with Crippen LogP contribution in [-0.2, 0) is 57.1 Å². The van der Waals surface area contributed by atoms with Gasteiger partial charge in [-0.25, -0.2) is 8.78 Å². The number of carbonyl (C=O) groups excluding carboxylic acids is 7. The Balaban J connectivity index is 0.00000114. The van der Waals surface area contributed by atoms with Crippen molar-refractivity contribution in [3.63, 3.8) is 0 Å². The Bertz CT molecular complexity index is 2170. The maximum absolute atomic E-state index is 13.8. The Hall–Kier alpha value is -6.09. The molecule has 3 atom stereocenters. The summed E-state index contributed by atoms with van der Waals surface area (Å²) in [6.07, 6.45) is -2.22. The smallest absolute Gasteiger partial charge is 0.507 e. The van der Waals surface area contributed by atoms with Crippen LogP contribution in [0.15, 0.2) is 36.4 Å². The molecule has 29 heteroatoms. The van der Waals surface area contributed by atoms with Crippen LogP contribution in [0.3, 0.4) is 0 Å². The average molecular weight is 1050 g/mol. The number of ether oxygens (including phenoxy) is 2. The zero-order chi connectivity index (χ0) is 53.5.